The third-order valence-electron chi connectivity index (χ3n) is 3.78. The van der Waals surface area contributed by atoms with Crippen LogP contribution >= 0.6 is 0 Å². The second-order valence-electron chi connectivity index (χ2n) is 5.30. The number of ether oxygens (including phenoxy) is 2. The molecule has 2 N–H and O–H groups in total. The third kappa shape index (κ3) is 2.35. The molecule has 22 heavy (non-hydrogen) atoms. The van der Waals surface area contributed by atoms with E-state index < -0.39 is 6.10 Å². The summed E-state index contributed by atoms with van der Waals surface area (Å²) >= 11 is 0. The van der Waals surface area contributed by atoms with Crippen molar-refractivity contribution in [1.82, 2.24) is 0 Å². The van der Waals surface area contributed by atoms with Crippen molar-refractivity contribution in [3.8, 4) is 23.0 Å². The van der Waals surface area contributed by atoms with E-state index in [2.05, 4.69) is 0 Å². The molecule has 1 aliphatic rings. The van der Waals surface area contributed by atoms with Crippen LogP contribution in [0.2, 0.25) is 0 Å². The van der Waals surface area contributed by atoms with Gasteiger partial charge in [-0.15, -0.1) is 0 Å². The van der Waals surface area contributed by atoms with Crippen molar-refractivity contribution in [1.29, 1.82) is 0 Å². The summed E-state index contributed by atoms with van der Waals surface area (Å²) in [7, 11) is 1.47. The number of hydrogen-bond donors (Lipinski definition) is 2. The summed E-state index contributed by atoms with van der Waals surface area (Å²) in [4.78, 5) is 12.4. The van der Waals surface area contributed by atoms with Gasteiger partial charge in [0, 0.05) is 6.07 Å². The number of aromatic hydroxyl groups is 2. The Bertz CT molecular complexity index is 751. The molecule has 0 saturated heterocycles. The Kier molecular flexibility index (Phi) is 3.41. The maximum absolute atomic E-state index is 12.4. The van der Waals surface area contributed by atoms with E-state index in [4.69, 9.17) is 9.47 Å². The Labute approximate surface area is 127 Å². The van der Waals surface area contributed by atoms with Crippen LogP contribution in [0.5, 0.6) is 23.0 Å². The first-order valence-electron chi connectivity index (χ1n) is 6.90. The van der Waals surface area contributed by atoms with Crippen LogP contribution in [-0.2, 0) is 0 Å². The standard InChI is InChI=1S/C17H16O5/c1-9-5-11(18)7-16-17(9)13(20)8-15(22-16)10-3-4-14(21-2)12(19)6-10/h3-7,15,18-19H,8H2,1-2H3. The zero-order valence-corrected chi connectivity index (χ0v) is 12.3. The van der Waals surface area contributed by atoms with Crippen LogP contribution in [0, 0.1) is 6.92 Å². The number of phenols is 2. The van der Waals surface area contributed by atoms with Crippen LogP contribution < -0.4 is 9.47 Å². The molecule has 1 atom stereocenters. The minimum Gasteiger partial charge on any atom is -0.508 e. The number of Topliss-reactive ketones (excluding diaryl/α,β-unsaturated/α-hetero) is 1. The second kappa shape index (κ2) is 5.26. The molecule has 0 fully saturated rings. The molecule has 3 rings (SSSR count). The summed E-state index contributed by atoms with van der Waals surface area (Å²) in [5.41, 5.74) is 1.88. The van der Waals surface area contributed by atoms with E-state index in [0.29, 0.717) is 28.2 Å². The number of fused-ring (bicyclic) bond motifs is 1. The molecule has 2 aromatic carbocycles. The van der Waals surface area contributed by atoms with Crippen LogP contribution in [-0.4, -0.2) is 23.1 Å². The normalized spacial score (nSPS) is 16.8. The van der Waals surface area contributed by atoms with Gasteiger partial charge in [0.05, 0.1) is 19.1 Å². The van der Waals surface area contributed by atoms with E-state index in [-0.39, 0.29) is 23.7 Å². The molecule has 1 unspecified atom stereocenters. The first kappa shape index (κ1) is 14.3. The van der Waals surface area contributed by atoms with E-state index in [1.54, 1.807) is 25.1 Å². The van der Waals surface area contributed by atoms with Gasteiger partial charge in [-0.2, -0.15) is 0 Å². The zero-order valence-electron chi connectivity index (χ0n) is 12.3. The molecular weight excluding hydrogens is 284 g/mol. The monoisotopic (exact) mass is 300 g/mol. The molecule has 5 heteroatoms. The lowest BCUT2D eigenvalue weighted by Crippen LogP contribution is -2.21. The Morgan fingerprint density at radius 1 is 1.23 bits per heavy atom. The Hall–Kier alpha value is -2.69. The molecule has 0 saturated carbocycles. The first-order valence-corrected chi connectivity index (χ1v) is 6.90. The highest BCUT2D eigenvalue weighted by atomic mass is 16.5. The van der Waals surface area contributed by atoms with E-state index >= 15 is 0 Å². The lowest BCUT2D eigenvalue weighted by Gasteiger charge is -2.27. The van der Waals surface area contributed by atoms with Crippen molar-refractivity contribution in [3.05, 3.63) is 47.0 Å². The van der Waals surface area contributed by atoms with E-state index in [9.17, 15) is 15.0 Å². The molecule has 0 amide bonds. The maximum Gasteiger partial charge on any atom is 0.170 e. The molecule has 1 aliphatic heterocycles. The van der Waals surface area contributed by atoms with Gasteiger partial charge in [-0.25, -0.2) is 0 Å². The lowest BCUT2D eigenvalue weighted by molar-refractivity contribution is 0.0848. The van der Waals surface area contributed by atoms with E-state index in [1.165, 1.54) is 19.2 Å². The molecule has 0 aromatic heterocycles. The fraction of sp³-hybridized carbons (Fsp3) is 0.235. The van der Waals surface area contributed by atoms with Gasteiger partial charge in [0.2, 0.25) is 0 Å². The van der Waals surface area contributed by atoms with Crippen molar-refractivity contribution in [2.24, 2.45) is 0 Å². The molecule has 0 aliphatic carbocycles. The van der Waals surface area contributed by atoms with Crippen LogP contribution in [0.4, 0.5) is 0 Å². The SMILES string of the molecule is COc1ccc(C2CC(=O)c3c(C)cc(O)cc3O2)cc1O. The van der Waals surface area contributed by atoms with Crippen molar-refractivity contribution in [2.45, 2.75) is 19.4 Å². The van der Waals surface area contributed by atoms with Crippen molar-refractivity contribution < 1.29 is 24.5 Å². The maximum atomic E-state index is 12.4. The molecule has 114 valence electrons. The van der Waals surface area contributed by atoms with Gasteiger partial charge >= 0.3 is 0 Å². The highest BCUT2D eigenvalue weighted by molar-refractivity contribution is 6.01. The first-order chi connectivity index (χ1) is 10.5. The average molecular weight is 300 g/mol. The third-order valence-corrected chi connectivity index (χ3v) is 3.78. The van der Waals surface area contributed by atoms with Gasteiger partial charge in [-0.05, 0) is 36.2 Å². The molecule has 0 bridgehead atoms. The van der Waals surface area contributed by atoms with Gasteiger partial charge in [0.25, 0.3) is 0 Å². The van der Waals surface area contributed by atoms with Gasteiger partial charge in [0.1, 0.15) is 17.6 Å². The number of phenolic OH excluding ortho intramolecular Hbond substituents is 2. The van der Waals surface area contributed by atoms with Gasteiger partial charge in [-0.3, -0.25) is 4.79 Å². The number of rotatable bonds is 2. The highest BCUT2D eigenvalue weighted by Gasteiger charge is 2.30. The van der Waals surface area contributed by atoms with Crippen molar-refractivity contribution >= 4 is 5.78 Å². The van der Waals surface area contributed by atoms with Gasteiger partial charge in [-0.1, -0.05) is 6.07 Å². The fourth-order valence-corrected chi connectivity index (χ4v) is 2.75. The van der Waals surface area contributed by atoms with Gasteiger partial charge < -0.3 is 19.7 Å². The quantitative estimate of drug-likeness (QED) is 0.891. The van der Waals surface area contributed by atoms with E-state index in [1.807, 2.05) is 0 Å². The Morgan fingerprint density at radius 2 is 2.00 bits per heavy atom. The zero-order chi connectivity index (χ0) is 15.9. The lowest BCUT2D eigenvalue weighted by atomic mass is 9.93. The molecule has 5 nitrogen and oxygen atoms in total. The summed E-state index contributed by atoms with van der Waals surface area (Å²) in [5.74, 6) is 0.740. The number of benzene rings is 2. The fourth-order valence-electron chi connectivity index (χ4n) is 2.75. The second-order valence-corrected chi connectivity index (χ2v) is 5.30. The Morgan fingerprint density at radius 3 is 2.68 bits per heavy atom. The summed E-state index contributed by atoms with van der Waals surface area (Å²) in [5, 5.41) is 19.5. The summed E-state index contributed by atoms with van der Waals surface area (Å²) in [6.07, 6.45) is -0.317. The van der Waals surface area contributed by atoms with Crippen LogP contribution in [0.3, 0.4) is 0 Å². The van der Waals surface area contributed by atoms with Crippen molar-refractivity contribution in [2.75, 3.05) is 7.11 Å². The minimum absolute atomic E-state index is 0.00562. The number of methoxy groups -OCH3 is 1. The number of carbonyl (C=O) groups is 1. The summed E-state index contributed by atoms with van der Waals surface area (Å²) < 4.78 is 10.9. The topological polar surface area (TPSA) is 76.0 Å². The highest BCUT2D eigenvalue weighted by Crippen LogP contribution is 2.40. The summed E-state index contributed by atoms with van der Waals surface area (Å²) in [6.45, 7) is 1.76. The molecule has 2 aromatic rings. The largest absolute Gasteiger partial charge is 0.508 e. The number of carbonyl (C=O) groups excluding carboxylic acids is 1. The minimum atomic E-state index is -0.502. The molecule has 0 spiro atoms. The van der Waals surface area contributed by atoms with Crippen molar-refractivity contribution in [3.63, 3.8) is 0 Å². The number of hydrogen-bond acceptors (Lipinski definition) is 5. The molecule has 1 heterocycles. The smallest absolute Gasteiger partial charge is 0.170 e. The molecular formula is C17H16O5. The summed E-state index contributed by atoms with van der Waals surface area (Å²) in [6, 6.07) is 7.88. The number of ketones is 1. The predicted octanol–water partition coefficient (Wildman–Crippen LogP) is 3.12. The predicted molar refractivity (Wildman–Crippen MR) is 79.8 cm³/mol. The van der Waals surface area contributed by atoms with E-state index in [0.717, 1.165) is 0 Å². The van der Waals surface area contributed by atoms with Crippen LogP contribution in [0.25, 0.3) is 0 Å². The average Bonchev–Trinajstić information content (AvgIpc) is 2.45. The molecule has 0 radical (unpaired) electrons. The Balaban J connectivity index is 1.98. The van der Waals surface area contributed by atoms with Crippen LogP contribution in [0.15, 0.2) is 30.3 Å². The number of aryl methyl sites for hydroxylation is 1. The van der Waals surface area contributed by atoms with Crippen LogP contribution in [0.1, 0.15) is 34.0 Å². The van der Waals surface area contributed by atoms with Gasteiger partial charge in [0.15, 0.2) is 17.3 Å².